The Kier molecular flexibility index (Phi) is 8.12. The van der Waals surface area contributed by atoms with Crippen molar-refractivity contribution in [3.05, 3.63) is 54.1 Å². The average Bonchev–Trinajstić information content (AvgIpc) is 2.66. The van der Waals surface area contributed by atoms with Crippen LogP contribution in [0.25, 0.3) is 0 Å². The number of hydrogen-bond acceptors (Lipinski definition) is 5. The molecule has 156 valence electrons. The molecule has 2 aromatic rings. The van der Waals surface area contributed by atoms with Crippen molar-refractivity contribution >= 4 is 38.9 Å². The molecule has 29 heavy (non-hydrogen) atoms. The van der Waals surface area contributed by atoms with Gasteiger partial charge in [-0.25, -0.2) is 13.1 Å². The summed E-state index contributed by atoms with van der Waals surface area (Å²) in [5, 5.41) is 5.56. The third-order valence-corrected chi connectivity index (χ3v) is 5.51. The molecule has 3 N–H and O–H groups in total. The second-order valence-corrected chi connectivity index (χ2v) is 8.70. The van der Waals surface area contributed by atoms with Crippen molar-refractivity contribution in [3.8, 4) is 5.75 Å². The normalized spacial score (nSPS) is 11.2. The maximum absolute atomic E-state index is 12.3. The van der Waals surface area contributed by atoms with Gasteiger partial charge in [-0.15, -0.1) is 0 Å². The lowest BCUT2D eigenvalue weighted by molar-refractivity contribution is 0.0977. The van der Waals surface area contributed by atoms with E-state index in [0.29, 0.717) is 23.6 Å². The number of rotatable bonds is 8. The lowest BCUT2D eigenvalue weighted by Crippen LogP contribution is -2.34. The number of amides is 1. The Labute approximate surface area is 176 Å². The predicted octanol–water partition coefficient (Wildman–Crippen LogP) is 3.29. The van der Waals surface area contributed by atoms with Gasteiger partial charge in [0.1, 0.15) is 5.75 Å². The molecule has 0 radical (unpaired) electrons. The van der Waals surface area contributed by atoms with Gasteiger partial charge in [-0.05, 0) is 81.0 Å². The van der Waals surface area contributed by atoms with E-state index in [2.05, 4.69) is 15.4 Å². The molecule has 1 amide bonds. The topological polar surface area (TPSA) is 96.5 Å². The molecule has 0 fully saturated rings. The Hall–Kier alpha value is -2.49. The maximum atomic E-state index is 12.3. The number of carbonyl (C=O) groups is 1. The van der Waals surface area contributed by atoms with Crippen LogP contribution in [0.2, 0.25) is 0 Å². The van der Waals surface area contributed by atoms with E-state index in [1.54, 1.807) is 50.2 Å². The summed E-state index contributed by atoms with van der Waals surface area (Å²) in [6.07, 6.45) is 0.906. The molecule has 0 saturated heterocycles. The molecule has 0 unspecified atom stereocenters. The monoisotopic (exact) mass is 435 g/mol. The molecule has 0 saturated carbocycles. The summed E-state index contributed by atoms with van der Waals surface area (Å²) >= 11 is 5.16. The minimum Gasteiger partial charge on any atom is -0.494 e. The molecule has 0 bridgehead atoms. The van der Waals surface area contributed by atoms with Crippen LogP contribution in [0.1, 0.15) is 37.6 Å². The molecule has 0 aliphatic rings. The first kappa shape index (κ1) is 22.8. The van der Waals surface area contributed by atoms with Crippen molar-refractivity contribution in [1.29, 1.82) is 0 Å². The Bertz CT molecular complexity index is 941. The van der Waals surface area contributed by atoms with Crippen molar-refractivity contribution in [2.75, 3.05) is 11.9 Å². The summed E-state index contributed by atoms with van der Waals surface area (Å²) in [7, 11) is -3.56. The largest absolute Gasteiger partial charge is 0.494 e. The third-order valence-electron chi connectivity index (χ3n) is 3.63. The highest BCUT2D eigenvalue weighted by molar-refractivity contribution is 7.89. The van der Waals surface area contributed by atoms with E-state index >= 15 is 0 Å². The molecule has 0 heterocycles. The van der Waals surface area contributed by atoms with Crippen LogP contribution >= 0.6 is 12.2 Å². The fourth-order valence-electron chi connectivity index (χ4n) is 2.36. The fourth-order valence-corrected chi connectivity index (χ4v) is 3.82. The van der Waals surface area contributed by atoms with E-state index in [1.165, 1.54) is 12.1 Å². The van der Waals surface area contributed by atoms with Gasteiger partial charge in [-0.2, -0.15) is 0 Å². The number of hydrogen-bond donors (Lipinski definition) is 3. The summed E-state index contributed by atoms with van der Waals surface area (Å²) in [4.78, 5) is 12.4. The maximum Gasteiger partial charge on any atom is 0.257 e. The van der Waals surface area contributed by atoms with Gasteiger partial charge in [0.05, 0.1) is 11.5 Å². The highest BCUT2D eigenvalue weighted by Gasteiger charge is 2.15. The number of nitrogens with one attached hydrogen (secondary N) is 3. The van der Waals surface area contributed by atoms with Gasteiger partial charge >= 0.3 is 0 Å². The van der Waals surface area contributed by atoms with Gasteiger partial charge in [0, 0.05) is 17.3 Å². The average molecular weight is 436 g/mol. The number of anilines is 1. The van der Waals surface area contributed by atoms with Crippen LogP contribution in [-0.2, 0) is 10.0 Å². The van der Waals surface area contributed by atoms with E-state index in [9.17, 15) is 13.2 Å². The van der Waals surface area contributed by atoms with Crippen LogP contribution in [0.15, 0.2) is 53.4 Å². The van der Waals surface area contributed by atoms with Gasteiger partial charge < -0.3 is 10.1 Å². The van der Waals surface area contributed by atoms with Gasteiger partial charge in [0.25, 0.3) is 5.91 Å². The van der Waals surface area contributed by atoms with E-state index < -0.39 is 10.0 Å². The highest BCUT2D eigenvalue weighted by Crippen LogP contribution is 2.15. The van der Waals surface area contributed by atoms with Crippen LogP contribution in [0, 0.1) is 0 Å². The zero-order chi connectivity index (χ0) is 21.4. The molecule has 9 heteroatoms. The Morgan fingerprint density at radius 2 is 1.69 bits per heavy atom. The van der Waals surface area contributed by atoms with Crippen LogP contribution in [0.5, 0.6) is 5.75 Å². The molecule has 2 rings (SSSR count). The first-order valence-corrected chi connectivity index (χ1v) is 11.1. The standard InChI is InChI=1S/C20H25N3O4S2/c1-4-13-27-17-9-5-15(6-10-17)19(24)22-20(28)21-16-7-11-18(12-8-16)29(25,26)23-14(2)3/h5-12,14,23H,4,13H2,1-3H3,(H2,21,22,24,28). The molecule has 0 aliphatic heterocycles. The van der Waals surface area contributed by atoms with Gasteiger partial charge in [-0.1, -0.05) is 6.92 Å². The zero-order valence-corrected chi connectivity index (χ0v) is 18.2. The summed E-state index contributed by atoms with van der Waals surface area (Å²) in [6.45, 7) is 6.14. The van der Waals surface area contributed by atoms with Crippen LogP contribution in [0.4, 0.5) is 5.69 Å². The quantitative estimate of drug-likeness (QED) is 0.551. The van der Waals surface area contributed by atoms with Gasteiger partial charge in [0.2, 0.25) is 10.0 Å². The lowest BCUT2D eigenvalue weighted by Gasteiger charge is -2.12. The molecule has 2 aromatic carbocycles. The second-order valence-electron chi connectivity index (χ2n) is 6.58. The minimum absolute atomic E-state index is 0.109. The van der Waals surface area contributed by atoms with E-state index in [1.807, 2.05) is 6.92 Å². The Balaban J connectivity index is 1.94. The molecule has 0 atom stereocenters. The van der Waals surface area contributed by atoms with Crippen molar-refractivity contribution < 1.29 is 17.9 Å². The zero-order valence-electron chi connectivity index (χ0n) is 16.6. The molecule has 0 aliphatic carbocycles. The molecular weight excluding hydrogens is 410 g/mol. The SMILES string of the molecule is CCCOc1ccc(C(=O)NC(=S)Nc2ccc(S(=O)(=O)NC(C)C)cc2)cc1. The smallest absolute Gasteiger partial charge is 0.257 e. The third kappa shape index (κ3) is 7.12. The van der Waals surface area contributed by atoms with Gasteiger partial charge in [0.15, 0.2) is 5.11 Å². The number of ether oxygens (including phenoxy) is 1. The van der Waals surface area contributed by atoms with Crippen molar-refractivity contribution in [3.63, 3.8) is 0 Å². The van der Waals surface area contributed by atoms with Crippen molar-refractivity contribution in [2.24, 2.45) is 0 Å². The first-order valence-electron chi connectivity index (χ1n) is 9.19. The number of carbonyl (C=O) groups excluding carboxylic acids is 1. The predicted molar refractivity (Wildman–Crippen MR) is 118 cm³/mol. The lowest BCUT2D eigenvalue weighted by atomic mass is 10.2. The number of thiocarbonyl (C=S) groups is 1. The number of benzene rings is 2. The highest BCUT2D eigenvalue weighted by atomic mass is 32.2. The summed E-state index contributed by atoms with van der Waals surface area (Å²) < 4.78 is 32.3. The summed E-state index contributed by atoms with van der Waals surface area (Å²) in [5.74, 6) is 0.343. The molecule has 7 nitrogen and oxygen atoms in total. The van der Waals surface area contributed by atoms with Crippen LogP contribution < -0.4 is 20.1 Å². The fraction of sp³-hybridized carbons (Fsp3) is 0.300. The van der Waals surface area contributed by atoms with Crippen molar-refractivity contribution in [1.82, 2.24) is 10.0 Å². The molecular formula is C20H25N3O4S2. The Morgan fingerprint density at radius 3 is 2.24 bits per heavy atom. The van der Waals surface area contributed by atoms with E-state index in [4.69, 9.17) is 17.0 Å². The minimum atomic E-state index is -3.56. The number of sulfonamides is 1. The molecule has 0 spiro atoms. The van der Waals surface area contributed by atoms with Crippen molar-refractivity contribution in [2.45, 2.75) is 38.1 Å². The summed E-state index contributed by atoms with van der Waals surface area (Å²) in [5.41, 5.74) is 1.00. The second kappa shape index (κ2) is 10.3. The summed E-state index contributed by atoms with van der Waals surface area (Å²) in [6, 6.07) is 12.7. The van der Waals surface area contributed by atoms with Crippen LogP contribution in [0.3, 0.4) is 0 Å². The van der Waals surface area contributed by atoms with E-state index in [-0.39, 0.29) is 22.0 Å². The van der Waals surface area contributed by atoms with E-state index in [0.717, 1.165) is 6.42 Å². The molecule has 0 aromatic heterocycles. The van der Waals surface area contributed by atoms with Gasteiger partial charge in [-0.3, -0.25) is 10.1 Å². The Morgan fingerprint density at radius 1 is 1.07 bits per heavy atom. The first-order chi connectivity index (χ1) is 13.7. The van der Waals surface area contributed by atoms with Crippen LogP contribution in [-0.4, -0.2) is 32.1 Å².